The molecule has 0 bridgehead atoms. The molecule has 0 aromatic heterocycles. The second kappa shape index (κ2) is 17.4. The summed E-state index contributed by atoms with van der Waals surface area (Å²) < 4.78 is 0. The van der Waals surface area contributed by atoms with Gasteiger partial charge < -0.3 is 0 Å². The Morgan fingerprint density at radius 2 is 0.833 bits per heavy atom. The molecule has 2 aromatic carbocycles. The molecule has 0 N–H and O–H groups in total. The highest BCUT2D eigenvalue weighted by Crippen LogP contribution is 2.11. The smallest absolute Gasteiger partial charge is 0.0242 e. The van der Waals surface area contributed by atoms with Crippen molar-refractivity contribution in [3.05, 3.63) is 70.8 Å². The molecular formula is C30H40. The van der Waals surface area contributed by atoms with Gasteiger partial charge in [0.2, 0.25) is 0 Å². The molecule has 0 heteroatoms. The lowest BCUT2D eigenvalue weighted by Gasteiger charge is -2.02. The standard InChI is InChI=1S/C16H22.C14H18/c1-3-5-6-7-8-9-10-16-13-11-15(4-2)12-14-16;1-3-5-6-7-8-14-11-9-13(4-2)10-12-14/h2,11-14H,3,5-10H2,1H3;2,9-12H,3,5-8H2,1H3. The van der Waals surface area contributed by atoms with Crippen LogP contribution in [0.15, 0.2) is 48.5 Å². The van der Waals surface area contributed by atoms with E-state index in [9.17, 15) is 0 Å². The topological polar surface area (TPSA) is 0 Å². The van der Waals surface area contributed by atoms with E-state index >= 15 is 0 Å². The second-order valence-corrected chi connectivity index (χ2v) is 8.01. The lowest BCUT2D eigenvalue weighted by Crippen LogP contribution is -1.86. The molecule has 0 heterocycles. The number of terminal acetylenes is 2. The van der Waals surface area contributed by atoms with Crippen LogP contribution in [-0.2, 0) is 12.8 Å². The minimum Gasteiger partial charge on any atom is -0.115 e. The van der Waals surface area contributed by atoms with Crippen molar-refractivity contribution in [1.29, 1.82) is 0 Å². The molecule has 2 rings (SSSR count). The van der Waals surface area contributed by atoms with Crippen LogP contribution in [0.3, 0.4) is 0 Å². The Kier molecular flexibility index (Phi) is 14.9. The molecule has 30 heavy (non-hydrogen) atoms. The molecule has 0 fully saturated rings. The van der Waals surface area contributed by atoms with Crippen LogP contribution < -0.4 is 0 Å². The molecular weight excluding hydrogens is 360 g/mol. The first kappa shape index (κ1) is 25.6. The largest absolute Gasteiger partial charge is 0.115 e. The zero-order chi connectivity index (χ0) is 21.9. The third-order valence-electron chi connectivity index (χ3n) is 5.38. The van der Waals surface area contributed by atoms with E-state index in [0.29, 0.717) is 0 Å². The maximum absolute atomic E-state index is 5.32. The summed E-state index contributed by atoms with van der Waals surface area (Å²) in [5.74, 6) is 5.28. The van der Waals surface area contributed by atoms with Gasteiger partial charge in [0, 0.05) is 11.1 Å². The summed E-state index contributed by atoms with van der Waals surface area (Å²) in [6, 6.07) is 16.7. The Bertz CT molecular complexity index is 735. The van der Waals surface area contributed by atoms with Crippen LogP contribution in [-0.4, -0.2) is 0 Å². The van der Waals surface area contributed by atoms with Crippen molar-refractivity contribution < 1.29 is 0 Å². The molecule has 2 aromatic rings. The van der Waals surface area contributed by atoms with Crippen molar-refractivity contribution in [3.8, 4) is 24.7 Å². The fourth-order valence-electron chi connectivity index (χ4n) is 3.40. The Morgan fingerprint density at radius 1 is 0.500 bits per heavy atom. The van der Waals surface area contributed by atoms with Gasteiger partial charge in [-0.3, -0.25) is 0 Å². The molecule has 0 aliphatic carbocycles. The predicted molar refractivity (Wildman–Crippen MR) is 134 cm³/mol. The number of hydrogen-bond donors (Lipinski definition) is 0. The van der Waals surface area contributed by atoms with E-state index in [1.54, 1.807) is 0 Å². The highest BCUT2D eigenvalue weighted by molar-refractivity contribution is 5.34. The summed E-state index contributed by atoms with van der Waals surface area (Å²) in [6.45, 7) is 4.49. The summed E-state index contributed by atoms with van der Waals surface area (Å²) in [5.41, 5.74) is 4.77. The van der Waals surface area contributed by atoms with Gasteiger partial charge in [0.15, 0.2) is 0 Å². The maximum atomic E-state index is 5.32. The number of unbranched alkanes of at least 4 members (excludes halogenated alkanes) is 8. The lowest BCUT2D eigenvalue weighted by atomic mass is 10.0. The third-order valence-corrected chi connectivity index (χ3v) is 5.38. The molecule has 0 unspecified atom stereocenters. The minimum atomic E-state index is 0.974. The summed E-state index contributed by atoms with van der Waals surface area (Å²) in [6.07, 6.45) is 26.4. The summed E-state index contributed by atoms with van der Waals surface area (Å²) >= 11 is 0. The molecule has 0 saturated carbocycles. The van der Waals surface area contributed by atoms with Gasteiger partial charge in [-0.2, -0.15) is 0 Å². The van der Waals surface area contributed by atoms with Crippen molar-refractivity contribution in [2.75, 3.05) is 0 Å². The monoisotopic (exact) mass is 400 g/mol. The van der Waals surface area contributed by atoms with Gasteiger partial charge in [0.1, 0.15) is 0 Å². The first-order valence-corrected chi connectivity index (χ1v) is 11.8. The van der Waals surface area contributed by atoms with Crippen LogP contribution >= 0.6 is 0 Å². The van der Waals surface area contributed by atoms with Crippen molar-refractivity contribution >= 4 is 0 Å². The Balaban J connectivity index is 0.000000303. The van der Waals surface area contributed by atoms with Crippen LogP contribution in [0.2, 0.25) is 0 Å². The van der Waals surface area contributed by atoms with Gasteiger partial charge in [-0.15, -0.1) is 12.8 Å². The Labute approximate surface area is 186 Å². The van der Waals surface area contributed by atoms with Gasteiger partial charge in [0.05, 0.1) is 0 Å². The van der Waals surface area contributed by atoms with Crippen molar-refractivity contribution in [2.24, 2.45) is 0 Å². The molecule has 0 aliphatic rings. The number of hydrogen-bond acceptors (Lipinski definition) is 0. The molecule has 0 nitrogen and oxygen atoms in total. The van der Waals surface area contributed by atoms with Crippen LogP contribution in [0.4, 0.5) is 0 Å². The van der Waals surface area contributed by atoms with Crippen molar-refractivity contribution in [1.82, 2.24) is 0 Å². The quantitative estimate of drug-likeness (QED) is 0.248. The summed E-state index contributed by atoms with van der Waals surface area (Å²) in [5, 5.41) is 0. The molecule has 0 spiro atoms. The average Bonchev–Trinajstić information content (AvgIpc) is 2.80. The van der Waals surface area contributed by atoms with Crippen molar-refractivity contribution in [2.45, 2.75) is 90.9 Å². The first-order chi connectivity index (χ1) is 14.7. The van der Waals surface area contributed by atoms with Crippen molar-refractivity contribution in [3.63, 3.8) is 0 Å². The van der Waals surface area contributed by atoms with Crippen LogP contribution in [0, 0.1) is 24.7 Å². The fourth-order valence-corrected chi connectivity index (χ4v) is 3.40. The minimum absolute atomic E-state index is 0.974. The Morgan fingerprint density at radius 3 is 1.20 bits per heavy atom. The van der Waals surface area contributed by atoms with E-state index in [0.717, 1.165) is 11.1 Å². The lowest BCUT2D eigenvalue weighted by molar-refractivity contribution is 0.607. The zero-order valence-electron chi connectivity index (χ0n) is 19.3. The van der Waals surface area contributed by atoms with Gasteiger partial charge in [-0.05, 0) is 61.1 Å². The molecule has 0 amide bonds. The van der Waals surface area contributed by atoms with Crippen LogP contribution in [0.1, 0.15) is 100 Å². The first-order valence-electron chi connectivity index (χ1n) is 11.8. The SMILES string of the molecule is C#Cc1ccc(CCCCCC)cc1.C#Cc1ccc(CCCCCCCC)cc1. The summed E-state index contributed by atoms with van der Waals surface area (Å²) in [4.78, 5) is 0. The summed E-state index contributed by atoms with van der Waals surface area (Å²) in [7, 11) is 0. The van der Waals surface area contributed by atoms with Crippen LogP contribution in [0.5, 0.6) is 0 Å². The number of rotatable bonds is 12. The Hall–Kier alpha value is -2.44. The number of benzene rings is 2. The molecule has 0 atom stereocenters. The van der Waals surface area contributed by atoms with E-state index in [1.807, 2.05) is 24.3 Å². The van der Waals surface area contributed by atoms with Gasteiger partial charge in [-0.25, -0.2) is 0 Å². The van der Waals surface area contributed by atoms with Crippen LogP contribution in [0.25, 0.3) is 0 Å². The number of aryl methyl sites for hydroxylation is 2. The second-order valence-electron chi connectivity index (χ2n) is 8.01. The fraction of sp³-hybridized carbons (Fsp3) is 0.467. The van der Waals surface area contributed by atoms with E-state index in [1.165, 1.54) is 88.2 Å². The van der Waals surface area contributed by atoms with E-state index < -0.39 is 0 Å². The van der Waals surface area contributed by atoms with E-state index in [4.69, 9.17) is 12.8 Å². The van der Waals surface area contributed by atoms with Gasteiger partial charge in [-0.1, -0.05) is 101 Å². The average molecular weight is 401 g/mol. The highest BCUT2D eigenvalue weighted by atomic mass is 14.0. The molecule has 0 aliphatic heterocycles. The third kappa shape index (κ3) is 12.2. The molecule has 0 radical (unpaired) electrons. The highest BCUT2D eigenvalue weighted by Gasteiger charge is 1.95. The van der Waals surface area contributed by atoms with E-state index in [-0.39, 0.29) is 0 Å². The molecule has 160 valence electrons. The zero-order valence-corrected chi connectivity index (χ0v) is 19.3. The molecule has 0 saturated heterocycles. The van der Waals surface area contributed by atoms with E-state index in [2.05, 4.69) is 50.0 Å². The van der Waals surface area contributed by atoms with Gasteiger partial charge in [0.25, 0.3) is 0 Å². The normalized spacial score (nSPS) is 9.87. The predicted octanol–water partition coefficient (Wildman–Crippen LogP) is 8.36. The maximum Gasteiger partial charge on any atom is 0.0242 e. The van der Waals surface area contributed by atoms with Gasteiger partial charge >= 0.3 is 0 Å².